The number of nitrogens with one attached hydrogen (secondary N) is 1. The van der Waals surface area contributed by atoms with Gasteiger partial charge in [-0.15, -0.1) is 11.3 Å². The first-order valence-electron chi connectivity index (χ1n) is 9.28. The zero-order chi connectivity index (χ0) is 17.5. The highest BCUT2D eigenvalue weighted by atomic mass is 32.1. The molecule has 24 heavy (non-hydrogen) atoms. The van der Waals surface area contributed by atoms with Crippen LogP contribution in [-0.2, 0) is 17.6 Å². The highest BCUT2D eigenvalue weighted by Crippen LogP contribution is 2.24. The fraction of sp³-hybridized carbons (Fsp3) is 0.737. The fourth-order valence-corrected chi connectivity index (χ4v) is 4.57. The van der Waals surface area contributed by atoms with E-state index in [-0.39, 0.29) is 5.91 Å². The largest absolute Gasteiger partial charge is 0.379 e. The summed E-state index contributed by atoms with van der Waals surface area (Å²) < 4.78 is 5.45. The van der Waals surface area contributed by atoms with Gasteiger partial charge in [0.05, 0.1) is 18.1 Å². The Hall–Kier alpha value is -0.910. The summed E-state index contributed by atoms with van der Waals surface area (Å²) in [6, 6.07) is 2.46. The summed E-state index contributed by atoms with van der Waals surface area (Å²) in [5.41, 5.74) is 1.33. The lowest BCUT2D eigenvalue weighted by atomic mass is 10.0. The number of aryl methyl sites for hydroxylation is 2. The third-order valence-corrected chi connectivity index (χ3v) is 5.97. The van der Waals surface area contributed by atoms with Crippen molar-refractivity contribution >= 4 is 17.2 Å². The molecule has 0 aliphatic carbocycles. The molecule has 2 heterocycles. The molecule has 1 unspecified atom stereocenters. The second kappa shape index (κ2) is 9.54. The number of amides is 1. The van der Waals surface area contributed by atoms with Gasteiger partial charge in [0, 0.05) is 30.6 Å². The van der Waals surface area contributed by atoms with Crippen molar-refractivity contribution in [1.29, 1.82) is 0 Å². The molecule has 0 aromatic carbocycles. The Kier molecular flexibility index (Phi) is 7.72. The maximum atomic E-state index is 12.6. The lowest BCUT2D eigenvalue weighted by molar-refractivity contribution is 0.00674. The van der Waals surface area contributed by atoms with Crippen LogP contribution in [0.15, 0.2) is 6.07 Å². The minimum absolute atomic E-state index is 0.0796. The lowest BCUT2D eigenvalue weighted by Crippen LogP contribution is -2.51. The quantitative estimate of drug-likeness (QED) is 0.780. The van der Waals surface area contributed by atoms with E-state index < -0.39 is 0 Å². The molecule has 2 rings (SSSR count). The Morgan fingerprint density at radius 1 is 1.33 bits per heavy atom. The van der Waals surface area contributed by atoms with Crippen LogP contribution in [0.1, 0.15) is 54.2 Å². The third-order valence-electron chi connectivity index (χ3n) is 4.73. The van der Waals surface area contributed by atoms with E-state index in [1.165, 1.54) is 10.4 Å². The van der Waals surface area contributed by atoms with Gasteiger partial charge in [-0.25, -0.2) is 0 Å². The maximum absolute atomic E-state index is 12.6. The summed E-state index contributed by atoms with van der Waals surface area (Å²) in [7, 11) is 0. The molecule has 1 aliphatic heterocycles. The summed E-state index contributed by atoms with van der Waals surface area (Å²) in [5, 5.41) is 3.17. The van der Waals surface area contributed by atoms with E-state index in [1.54, 1.807) is 11.3 Å². The minimum Gasteiger partial charge on any atom is -0.379 e. The van der Waals surface area contributed by atoms with E-state index in [0.29, 0.717) is 18.5 Å². The van der Waals surface area contributed by atoms with Gasteiger partial charge in [-0.1, -0.05) is 34.1 Å². The number of ether oxygens (including phenoxy) is 1. The average molecular weight is 353 g/mol. The molecule has 136 valence electrons. The molecule has 0 spiro atoms. The van der Waals surface area contributed by atoms with Crippen LogP contribution in [0.25, 0.3) is 0 Å². The fourth-order valence-electron chi connectivity index (χ4n) is 3.30. The number of carbonyl (C=O) groups excluding carboxylic acids is 1. The molecule has 1 aromatic rings. The standard InChI is InChI=1S/C19H32N2O2S/c1-5-7-17-15(6-2)12-18(24-17)19(22)20-13-16(14(3)4)21-8-10-23-11-9-21/h12,14,16H,5-11,13H2,1-4H3,(H,20,22). The predicted molar refractivity (Wildman–Crippen MR) is 101 cm³/mol. The Bertz CT molecular complexity index is 521. The third kappa shape index (κ3) is 5.04. The topological polar surface area (TPSA) is 41.6 Å². The molecule has 0 radical (unpaired) electrons. The van der Waals surface area contributed by atoms with E-state index in [2.05, 4.69) is 44.0 Å². The Balaban J connectivity index is 1.97. The second-order valence-corrected chi connectivity index (χ2v) is 7.97. The average Bonchev–Trinajstić information content (AvgIpc) is 2.99. The molecular weight excluding hydrogens is 320 g/mol. The van der Waals surface area contributed by atoms with Gasteiger partial charge in [-0.05, 0) is 30.4 Å². The number of hydrogen-bond donors (Lipinski definition) is 1. The molecule has 1 atom stereocenters. The highest BCUT2D eigenvalue weighted by molar-refractivity contribution is 7.14. The van der Waals surface area contributed by atoms with E-state index in [0.717, 1.165) is 50.4 Å². The van der Waals surface area contributed by atoms with Gasteiger partial charge in [0.1, 0.15) is 0 Å². The minimum atomic E-state index is 0.0796. The Morgan fingerprint density at radius 2 is 2.04 bits per heavy atom. The monoisotopic (exact) mass is 352 g/mol. The molecule has 1 N–H and O–H groups in total. The van der Waals surface area contributed by atoms with Crippen LogP contribution in [-0.4, -0.2) is 49.7 Å². The molecule has 1 aliphatic rings. The van der Waals surface area contributed by atoms with Gasteiger partial charge in [-0.3, -0.25) is 9.69 Å². The SMILES string of the molecule is CCCc1sc(C(=O)NCC(C(C)C)N2CCOCC2)cc1CC. The van der Waals surface area contributed by atoms with Crippen molar-refractivity contribution in [3.63, 3.8) is 0 Å². The van der Waals surface area contributed by atoms with Crippen LogP contribution in [0.2, 0.25) is 0 Å². The van der Waals surface area contributed by atoms with Gasteiger partial charge < -0.3 is 10.1 Å². The van der Waals surface area contributed by atoms with Crippen LogP contribution in [0, 0.1) is 5.92 Å². The first-order valence-corrected chi connectivity index (χ1v) is 10.1. The smallest absolute Gasteiger partial charge is 0.261 e. The molecular formula is C19H32N2O2S. The maximum Gasteiger partial charge on any atom is 0.261 e. The van der Waals surface area contributed by atoms with E-state index in [1.807, 2.05) is 0 Å². The number of nitrogens with zero attached hydrogens (tertiary/aromatic N) is 1. The van der Waals surface area contributed by atoms with Gasteiger partial charge in [-0.2, -0.15) is 0 Å². The predicted octanol–water partition coefficient (Wildman–Crippen LogP) is 3.35. The van der Waals surface area contributed by atoms with Crippen molar-refractivity contribution in [1.82, 2.24) is 10.2 Å². The second-order valence-electron chi connectivity index (χ2n) is 6.83. The van der Waals surface area contributed by atoms with Crippen molar-refractivity contribution in [2.75, 3.05) is 32.8 Å². The highest BCUT2D eigenvalue weighted by Gasteiger charge is 2.24. The normalized spacial score (nSPS) is 17.2. The van der Waals surface area contributed by atoms with Gasteiger partial charge in [0.15, 0.2) is 0 Å². The first kappa shape index (κ1) is 19.4. The van der Waals surface area contributed by atoms with Crippen molar-refractivity contribution in [2.24, 2.45) is 5.92 Å². The van der Waals surface area contributed by atoms with E-state index >= 15 is 0 Å². The van der Waals surface area contributed by atoms with E-state index in [9.17, 15) is 4.79 Å². The summed E-state index contributed by atoms with van der Waals surface area (Å²) in [6.45, 7) is 13.0. The van der Waals surface area contributed by atoms with Crippen LogP contribution >= 0.6 is 11.3 Å². The number of thiophene rings is 1. The molecule has 4 nitrogen and oxygen atoms in total. The van der Waals surface area contributed by atoms with Gasteiger partial charge in [0.25, 0.3) is 5.91 Å². The van der Waals surface area contributed by atoms with Gasteiger partial charge in [0.2, 0.25) is 0 Å². The summed E-state index contributed by atoms with van der Waals surface area (Å²) >= 11 is 1.67. The van der Waals surface area contributed by atoms with E-state index in [4.69, 9.17) is 4.74 Å². The first-order chi connectivity index (χ1) is 11.6. The van der Waals surface area contributed by atoms with Crippen LogP contribution in [0.4, 0.5) is 0 Å². The molecule has 1 saturated heterocycles. The van der Waals surface area contributed by atoms with Crippen molar-refractivity contribution in [3.8, 4) is 0 Å². The number of morpholine rings is 1. The Labute approximate surface area is 150 Å². The summed E-state index contributed by atoms with van der Waals surface area (Å²) in [5.74, 6) is 0.588. The van der Waals surface area contributed by atoms with Crippen LogP contribution in [0.3, 0.4) is 0 Å². The molecule has 0 bridgehead atoms. The molecule has 5 heteroatoms. The zero-order valence-corrected chi connectivity index (χ0v) is 16.4. The summed E-state index contributed by atoms with van der Waals surface area (Å²) in [6.07, 6.45) is 3.20. The molecule has 1 amide bonds. The zero-order valence-electron chi connectivity index (χ0n) is 15.6. The van der Waals surface area contributed by atoms with Crippen LogP contribution in [0.5, 0.6) is 0 Å². The van der Waals surface area contributed by atoms with Crippen LogP contribution < -0.4 is 5.32 Å². The number of carbonyl (C=O) groups is 1. The Morgan fingerprint density at radius 3 is 2.62 bits per heavy atom. The molecule has 1 aromatic heterocycles. The number of rotatable bonds is 8. The van der Waals surface area contributed by atoms with Crippen molar-refractivity contribution < 1.29 is 9.53 Å². The number of hydrogen-bond acceptors (Lipinski definition) is 4. The van der Waals surface area contributed by atoms with Crippen molar-refractivity contribution in [3.05, 3.63) is 21.4 Å². The molecule has 1 fully saturated rings. The lowest BCUT2D eigenvalue weighted by Gasteiger charge is -2.36. The van der Waals surface area contributed by atoms with Gasteiger partial charge >= 0.3 is 0 Å². The summed E-state index contributed by atoms with van der Waals surface area (Å²) in [4.78, 5) is 17.3. The van der Waals surface area contributed by atoms with Crippen molar-refractivity contribution in [2.45, 2.75) is 53.0 Å². The molecule has 0 saturated carbocycles.